The van der Waals surface area contributed by atoms with Crippen LogP contribution in [-0.4, -0.2) is 16.1 Å². The Labute approximate surface area is 112 Å². The molecule has 0 fully saturated rings. The van der Waals surface area contributed by atoms with Crippen molar-refractivity contribution in [3.8, 4) is 10.6 Å². The minimum Gasteiger partial charge on any atom is -0.477 e. The summed E-state index contributed by atoms with van der Waals surface area (Å²) in [7, 11) is 0. The maximum Gasteiger partial charge on any atom is 0.352 e. The second-order valence-electron chi connectivity index (χ2n) is 3.86. The van der Waals surface area contributed by atoms with Crippen molar-refractivity contribution >= 4 is 39.0 Å². The first-order valence-corrected chi connectivity index (χ1v) is 6.45. The predicted molar refractivity (Wildman–Crippen MR) is 73.6 cm³/mol. The van der Waals surface area contributed by atoms with E-state index in [0.29, 0.717) is 5.02 Å². The number of carbonyl (C=O) groups is 1. The Kier molecular flexibility index (Phi) is 2.61. The highest BCUT2D eigenvalue weighted by Crippen LogP contribution is 2.36. The molecule has 2 heterocycles. The number of hydrogen-bond acceptors (Lipinski definition) is 2. The van der Waals surface area contributed by atoms with Crippen molar-refractivity contribution in [3.63, 3.8) is 0 Å². The van der Waals surface area contributed by atoms with Gasteiger partial charge in [-0.2, -0.15) is 0 Å². The first kappa shape index (κ1) is 11.3. The molecule has 3 nitrogen and oxygen atoms in total. The van der Waals surface area contributed by atoms with Crippen LogP contribution in [0, 0.1) is 0 Å². The Morgan fingerprint density at radius 3 is 2.78 bits per heavy atom. The highest BCUT2D eigenvalue weighted by atomic mass is 35.5. The Balaban J connectivity index is 2.13. The summed E-state index contributed by atoms with van der Waals surface area (Å²) in [6, 6.07) is 11.1. The smallest absolute Gasteiger partial charge is 0.352 e. The fourth-order valence-corrected chi connectivity index (χ4v) is 3.17. The molecule has 0 saturated heterocycles. The first-order valence-electron chi connectivity index (χ1n) is 5.26. The summed E-state index contributed by atoms with van der Waals surface area (Å²) in [6.45, 7) is 0. The van der Waals surface area contributed by atoms with Gasteiger partial charge in [-0.1, -0.05) is 23.7 Å². The molecule has 90 valence electrons. The first-order chi connectivity index (χ1) is 8.65. The van der Waals surface area contributed by atoms with Crippen LogP contribution in [0.1, 0.15) is 10.5 Å². The second-order valence-corrected chi connectivity index (χ2v) is 5.32. The van der Waals surface area contributed by atoms with Gasteiger partial charge in [0.1, 0.15) is 5.69 Å². The number of aromatic amines is 1. The molecule has 18 heavy (non-hydrogen) atoms. The van der Waals surface area contributed by atoms with Crippen molar-refractivity contribution in [2.75, 3.05) is 0 Å². The van der Waals surface area contributed by atoms with Crippen LogP contribution in [0.3, 0.4) is 0 Å². The highest BCUT2D eigenvalue weighted by molar-refractivity contribution is 7.22. The van der Waals surface area contributed by atoms with E-state index in [9.17, 15) is 4.79 Å². The minimum absolute atomic E-state index is 0.188. The normalized spacial score (nSPS) is 10.9. The number of aromatic nitrogens is 1. The maximum absolute atomic E-state index is 10.8. The number of halogens is 1. The largest absolute Gasteiger partial charge is 0.477 e. The molecule has 0 aliphatic carbocycles. The zero-order chi connectivity index (χ0) is 12.7. The lowest BCUT2D eigenvalue weighted by atomic mass is 10.2. The molecule has 0 aliphatic rings. The molecule has 3 rings (SSSR count). The fraction of sp³-hybridized carbons (Fsp3) is 0. The standard InChI is InChI=1S/C13H8ClNO2S/c14-8-3-1-2-7-6-11(18-12(7)8)9-4-5-10(15-9)13(16)17/h1-6,15H,(H,16,17). The molecule has 0 radical (unpaired) electrons. The van der Waals surface area contributed by atoms with E-state index in [1.807, 2.05) is 24.3 Å². The SMILES string of the molecule is O=C(O)c1ccc(-c2cc3cccc(Cl)c3s2)[nH]1. The number of nitrogens with one attached hydrogen (secondary N) is 1. The van der Waals surface area contributed by atoms with Gasteiger partial charge >= 0.3 is 5.97 Å². The van der Waals surface area contributed by atoms with Crippen LogP contribution < -0.4 is 0 Å². The van der Waals surface area contributed by atoms with Gasteiger partial charge in [0.05, 0.1) is 20.3 Å². The second kappa shape index (κ2) is 4.15. The van der Waals surface area contributed by atoms with E-state index < -0.39 is 5.97 Å². The van der Waals surface area contributed by atoms with Gasteiger partial charge in [-0.15, -0.1) is 11.3 Å². The predicted octanol–water partition coefficient (Wildman–Crippen LogP) is 4.25. The topological polar surface area (TPSA) is 53.1 Å². The lowest BCUT2D eigenvalue weighted by molar-refractivity contribution is 0.0691. The Bertz CT molecular complexity index is 744. The van der Waals surface area contributed by atoms with Gasteiger partial charge in [-0.3, -0.25) is 0 Å². The summed E-state index contributed by atoms with van der Waals surface area (Å²) in [5.41, 5.74) is 0.984. The van der Waals surface area contributed by atoms with Crippen LogP contribution in [0.5, 0.6) is 0 Å². The van der Waals surface area contributed by atoms with Gasteiger partial charge in [-0.25, -0.2) is 4.79 Å². The van der Waals surface area contributed by atoms with Crippen molar-refractivity contribution in [1.82, 2.24) is 4.98 Å². The van der Waals surface area contributed by atoms with Gasteiger partial charge in [0.15, 0.2) is 0 Å². The summed E-state index contributed by atoms with van der Waals surface area (Å²) in [5, 5.41) is 10.7. The molecule has 0 amide bonds. The Hall–Kier alpha value is -1.78. The van der Waals surface area contributed by atoms with Crippen molar-refractivity contribution in [3.05, 3.63) is 47.1 Å². The van der Waals surface area contributed by atoms with E-state index >= 15 is 0 Å². The molecule has 0 unspecified atom stereocenters. The molecular weight excluding hydrogens is 270 g/mol. The molecule has 3 aromatic rings. The van der Waals surface area contributed by atoms with Crippen molar-refractivity contribution in [1.29, 1.82) is 0 Å². The number of thiophene rings is 1. The van der Waals surface area contributed by atoms with Crippen LogP contribution >= 0.6 is 22.9 Å². The van der Waals surface area contributed by atoms with Crippen LogP contribution in [0.15, 0.2) is 36.4 Å². The van der Waals surface area contributed by atoms with E-state index in [4.69, 9.17) is 16.7 Å². The Morgan fingerprint density at radius 1 is 1.28 bits per heavy atom. The van der Waals surface area contributed by atoms with Crippen molar-refractivity contribution in [2.45, 2.75) is 0 Å². The summed E-state index contributed by atoms with van der Waals surface area (Å²) in [4.78, 5) is 14.7. The van der Waals surface area contributed by atoms with Gasteiger partial charge in [0, 0.05) is 0 Å². The molecule has 1 aromatic carbocycles. The number of aromatic carboxylic acids is 1. The van der Waals surface area contributed by atoms with Crippen molar-refractivity contribution < 1.29 is 9.90 Å². The molecular formula is C13H8ClNO2S. The molecule has 0 spiro atoms. The zero-order valence-electron chi connectivity index (χ0n) is 9.11. The molecule has 0 saturated carbocycles. The van der Waals surface area contributed by atoms with Gasteiger partial charge < -0.3 is 10.1 Å². The lowest BCUT2D eigenvalue weighted by Crippen LogP contribution is -1.95. The number of rotatable bonds is 2. The number of H-pyrrole nitrogens is 1. The van der Waals surface area contributed by atoms with Crippen LogP contribution in [0.2, 0.25) is 5.02 Å². The Morgan fingerprint density at radius 2 is 2.11 bits per heavy atom. The van der Waals surface area contributed by atoms with Gasteiger partial charge in [0.2, 0.25) is 0 Å². The lowest BCUT2D eigenvalue weighted by Gasteiger charge is -1.91. The number of carboxylic acid groups (broad SMARTS) is 1. The molecule has 0 aliphatic heterocycles. The number of benzene rings is 1. The summed E-state index contributed by atoms with van der Waals surface area (Å²) in [6.07, 6.45) is 0. The van der Waals surface area contributed by atoms with Crippen LogP contribution in [0.4, 0.5) is 0 Å². The molecule has 0 bridgehead atoms. The van der Waals surface area contributed by atoms with Crippen molar-refractivity contribution in [2.24, 2.45) is 0 Å². The quantitative estimate of drug-likeness (QED) is 0.736. The summed E-state index contributed by atoms with van der Waals surface area (Å²) >= 11 is 7.67. The van der Waals surface area contributed by atoms with Gasteiger partial charge in [-0.05, 0) is 29.7 Å². The summed E-state index contributed by atoms with van der Waals surface area (Å²) < 4.78 is 1.01. The average Bonchev–Trinajstić information content (AvgIpc) is 2.95. The number of carboxylic acids is 1. The summed E-state index contributed by atoms with van der Waals surface area (Å²) in [5.74, 6) is -0.958. The van der Waals surface area contributed by atoms with E-state index in [1.165, 1.54) is 0 Å². The van der Waals surface area contributed by atoms with Crippen LogP contribution in [-0.2, 0) is 0 Å². The molecule has 2 N–H and O–H groups in total. The van der Waals surface area contributed by atoms with E-state index in [0.717, 1.165) is 20.7 Å². The molecule has 5 heteroatoms. The highest BCUT2D eigenvalue weighted by Gasteiger charge is 2.10. The third kappa shape index (κ3) is 1.79. The zero-order valence-corrected chi connectivity index (χ0v) is 10.7. The van der Waals surface area contributed by atoms with E-state index in [1.54, 1.807) is 23.5 Å². The van der Waals surface area contributed by atoms with E-state index in [2.05, 4.69) is 4.98 Å². The third-order valence-corrected chi connectivity index (χ3v) is 4.32. The molecule has 0 atom stereocenters. The average molecular weight is 278 g/mol. The number of hydrogen-bond donors (Lipinski definition) is 2. The third-order valence-electron chi connectivity index (χ3n) is 2.68. The monoisotopic (exact) mass is 277 g/mol. The minimum atomic E-state index is -0.958. The van der Waals surface area contributed by atoms with E-state index in [-0.39, 0.29) is 5.69 Å². The number of fused-ring (bicyclic) bond motifs is 1. The molecule has 2 aromatic heterocycles. The fourth-order valence-electron chi connectivity index (χ4n) is 1.82. The van der Waals surface area contributed by atoms with Gasteiger partial charge in [0.25, 0.3) is 0 Å². The van der Waals surface area contributed by atoms with Crippen LogP contribution in [0.25, 0.3) is 20.7 Å². The maximum atomic E-state index is 10.8.